The number of benzene rings is 1. The third-order valence-electron chi connectivity index (χ3n) is 4.05. The van der Waals surface area contributed by atoms with Crippen molar-refractivity contribution >= 4 is 18.0 Å². The molecular weight excluding hydrogens is 400 g/mol. The Morgan fingerprint density at radius 2 is 1.94 bits per heavy atom. The molecule has 8 heteroatoms. The van der Waals surface area contributed by atoms with E-state index in [4.69, 9.17) is 20.3 Å². The van der Waals surface area contributed by atoms with Crippen LogP contribution >= 0.6 is 0 Å². The molecule has 170 valence electrons. The zero-order chi connectivity index (χ0) is 23.4. The van der Waals surface area contributed by atoms with Crippen LogP contribution in [0.4, 0.5) is 4.79 Å². The van der Waals surface area contributed by atoms with Gasteiger partial charge in [0.25, 0.3) is 0 Å². The van der Waals surface area contributed by atoms with Crippen LogP contribution < -0.4 is 15.8 Å². The number of aliphatic carboxylic acids is 1. The minimum atomic E-state index is -0.836. The van der Waals surface area contributed by atoms with Gasteiger partial charge in [-0.3, -0.25) is 9.59 Å². The smallest absolute Gasteiger partial charge is 0.408 e. The minimum absolute atomic E-state index is 0.0900. The molecule has 0 spiro atoms. The maximum atomic E-state index is 12.2. The number of carbonyl (C=O) groups is 3. The highest BCUT2D eigenvalue weighted by Gasteiger charge is 2.25. The number of amides is 2. The van der Waals surface area contributed by atoms with Gasteiger partial charge in [0.15, 0.2) is 0 Å². The van der Waals surface area contributed by atoms with Gasteiger partial charge in [-0.15, -0.1) is 0 Å². The van der Waals surface area contributed by atoms with E-state index in [2.05, 4.69) is 17.2 Å². The number of carboxylic acid groups (broad SMARTS) is 1. The molecule has 0 heterocycles. The van der Waals surface area contributed by atoms with Crippen molar-refractivity contribution in [2.75, 3.05) is 0 Å². The van der Waals surface area contributed by atoms with Gasteiger partial charge >= 0.3 is 12.1 Å². The number of ether oxygens (including phenoxy) is 2. The molecule has 2 atom stereocenters. The number of hydrogen-bond acceptors (Lipinski definition) is 5. The Morgan fingerprint density at radius 3 is 2.55 bits per heavy atom. The van der Waals surface area contributed by atoms with Gasteiger partial charge < -0.3 is 25.6 Å². The van der Waals surface area contributed by atoms with E-state index in [-0.39, 0.29) is 12.8 Å². The van der Waals surface area contributed by atoms with Crippen LogP contribution in [0.15, 0.2) is 24.3 Å². The van der Waals surface area contributed by atoms with Crippen molar-refractivity contribution in [3.05, 3.63) is 29.8 Å². The van der Waals surface area contributed by atoms with E-state index >= 15 is 0 Å². The summed E-state index contributed by atoms with van der Waals surface area (Å²) in [5, 5.41) is 11.4. The van der Waals surface area contributed by atoms with Gasteiger partial charge in [-0.1, -0.05) is 17.9 Å². The summed E-state index contributed by atoms with van der Waals surface area (Å²) >= 11 is 0. The zero-order valence-electron chi connectivity index (χ0n) is 18.6. The first-order valence-electron chi connectivity index (χ1n) is 10.2. The fourth-order valence-corrected chi connectivity index (χ4v) is 2.62. The molecule has 0 aliphatic rings. The molecule has 31 heavy (non-hydrogen) atoms. The van der Waals surface area contributed by atoms with Crippen LogP contribution in [0, 0.1) is 11.8 Å². The van der Waals surface area contributed by atoms with Gasteiger partial charge in [-0.05, 0) is 58.7 Å². The zero-order valence-corrected chi connectivity index (χ0v) is 18.6. The summed E-state index contributed by atoms with van der Waals surface area (Å²) in [5.74, 6) is 5.18. The molecule has 1 aromatic carbocycles. The Balaban J connectivity index is 2.79. The van der Waals surface area contributed by atoms with Gasteiger partial charge in [0.1, 0.15) is 17.5 Å². The highest BCUT2D eigenvalue weighted by Crippen LogP contribution is 2.18. The number of primary amides is 1. The average Bonchev–Trinajstić information content (AvgIpc) is 2.63. The molecule has 0 radical (unpaired) electrons. The Hall–Kier alpha value is -3.21. The fourth-order valence-electron chi connectivity index (χ4n) is 2.62. The van der Waals surface area contributed by atoms with E-state index in [0.29, 0.717) is 25.0 Å². The highest BCUT2D eigenvalue weighted by molar-refractivity contribution is 5.74. The van der Waals surface area contributed by atoms with E-state index in [9.17, 15) is 14.4 Å². The largest absolute Gasteiger partial charge is 0.489 e. The fraction of sp³-hybridized carbons (Fsp3) is 0.522. The average molecular weight is 433 g/mol. The summed E-state index contributed by atoms with van der Waals surface area (Å²) < 4.78 is 11.3. The summed E-state index contributed by atoms with van der Waals surface area (Å²) in [6.45, 7) is 7.07. The standard InChI is InChI=1S/C23H32N2O6/c1-16(19(13-14-20(24)26)25-22(29)31-23(2,3)4)30-18-11-8-10-17(15-18)9-6-5-7-12-21(27)28/h8,10-11,15-16,19H,5,7,12-14H2,1-4H3,(H2,24,26)(H,25,29)(H,27,28)/t16-,19+/m1/s1. The maximum absolute atomic E-state index is 12.2. The number of unbranched alkanes of at least 4 members (excludes halogenated alkanes) is 1. The Morgan fingerprint density at radius 1 is 1.23 bits per heavy atom. The Labute approximate surface area is 183 Å². The van der Waals surface area contributed by atoms with Gasteiger partial charge in [0, 0.05) is 24.8 Å². The number of nitrogens with one attached hydrogen (secondary N) is 1. The van der Waals surface area contributed by atoms with E-state index in [1.807, 2.05) is 6.07 Å². The topological polar surface area (TPSA) is 128 Å². The van der Waals surface area contributed by atoms with Gasteiger partial charge in [0.05, 0.1) is 6.04 Å². The van der Waals surface area contributed by atoms with Crippen molar-refractivity contribution in [2.45, 2.75) is 77.5 Å². The number of carbonyl (C=O) groups excluding carboxylic acids is 2. The van der Waals surface area contributed by atoms with E-state index < -0.39 is 35.7 Å². The number of nitrogens with two attached hydrogens (primary N) is 1. The number of rotatable bonds is 10. The number of hydrogen-bond donors (Lipinski definition) is 3. The van der Waals surface area contributed by atoms with Crippen LogP contribution in [-0.2, 0) is 14.3 Å². The molecule has 1 aromatic rings. The summed E-state index contributed by atoms with van der Waals surface area (Å²) in [6, 6.07) is 6.66. The normalized spacial score (nSPS) is 12.6. The first kappa shape index (κ1) is 25.8. The molecule has 0 fully saturated rings. The monoisotopic (exact) mass is 432 g/mol. The lowest BCUT2D eigenvalue weighted by atomic mass is 10.1. The van der Waals surface area contributed by atoms with Crippen molar-refractivity contribution in [2.24, 2.45) is 5.73 Å². The van der Waals surface area contributed by atoms with Crippen molar-refractivity contribution in [3.63, 3.8) is 0 Å². The van der Waals surface area contributed by atoms with Crippen LogP contribution in [0.2, 0.25) is 0 Å². The lowest BCUT2D eigenvalue weighted by Crippen LogP contribution is -2.46. The quantitative estimate of drug-likeness (QED) is 0.385. The lowest BCUT2D eigenvalue weighted by molar-refractivity contribution is -0.137. The second kappa shape index (κ2) is 12.5. The molecule has 0 bridgehead atoms. The molecule has 0 saturated heterocycles. The van der Waals surface area contributed by atoms with E-state index in [1.165, 1.54) is 0 Å². The Bertz CT molecular complexity index is 819. The van der Waals surface area contributed by atoms with Crippen molar-refractivity contribution in [1.82, 2.24) is 5.32 Å². The van der Waals surface area contributed by atoms with Crippen LogP contribution in [0.1, 0.15) is 65.4 Å². The van der Waals surface area contributed by atoms with Crippen LogP contribution in [0.3, 0.4) is 0 Å². The number of carboxylic acids is 1. The van der Waals surface area contributed by atoms with Gasteiger partial charge in [-0.25, -0.2) is 4.79 Å². The van der Waals surface area contributed by atoms with Crippen molar-refractivity contribution < 1.29 is 29.0 Å². The number of alkyl carbamates (subject to hydrolysis) is 1. The van der Waals surface area contributed by atoms with Crippen molar-refractivity contribution in [3.8, 4) is 17.6 Å². The molecule has 0 unspecified atom stereocenters. The molecule has 0 saturated carbocycles. The first-order chi connectivity index (χ1) is 14.5. The van der Waals surface area contributed by atoms with Crippen LogP contribution in [-0.4, -0.2) is 40.8 Å². The molecule has 0 aliphatic heterocycles. The summed E-state index contributed by atoms with van der Waals surface area (Å²) in [7, 11) is 0. The molecule has 8 nitrogen and oxygen atoms in total. The SMILES string of the molecule is C[C@@H](Oc1cccc(C#CCCCC(=O)O)c1)[C@H](CCC(N)=O)NC(=O)OC(C)(C)C. The molecule has 4 N–H and O–H groups in total. The van der Waals surface area contributed by atoms with Crippen LogP contribution in [0.5, 0.6) is 5.75 Å². The predicted molar refractivity (Wildman–Crippen MR) is 116 cm³/mol. The minimum Gasteiger partial charge on any atom is -0.489 e. The molecule has 1 rings (SSSR count). The second-order valence-electron chi connectivity index (χ2n) is 8.16. The molecule has 0 aliphatic carbocycles. The van der Waals surface area contributed by atoms with Gasteiger partial charge in [-0.2, -0.15) is 0 Å². The summed E-state index contributed by atoms with van der Waals surface area (Å²) in [6.07, 6.45) is 0.404. The first-order valence-corrected chi connectivity index (χ1v) is 10.2. The molecular formula is C23H32N2O6. The predicted octanol–water partition coefficient (Wildman–Crippen LogP) is 3.22. The van der Waals surface area contributed by atoms with Crippen molar-refractivity contribution in [1.29, 1.82) is 0 Å². The molecule has 0 aromatic heterocycles. The summed E-state index contributed by atoms with van der Waals surface area (Å²) in [4.78, 5) is 33.9. The Kier molecular flexibility index (Phi) is 10.4. The van der Waals surface area contributed by atoms with E-state index in [1.54, 1.807) is 45.9 Å². The highest BCUT2D eigenvalue weighted by atomic mass is 16.6. The third-order valence-corrected chi connectivity index (χ3v) is 4.05. The van der Waals surface area contributed by atoms with Gasteiger partial charge in [0.2, 0.25) is 5.91 Å². The lowest BCUT2D eigenvalue weighted by Gasteiger charge is -2.27. The summed E-state index contributed by atoms with van der Waals surface area (Å²) in [5.41, 5.74) is 5.34. The second-order valence-corrected chi connectivity index (χ2v) is 8.16. The van der Waals surface area contributed by atoms with E-state index in [0.717, 1.165) is 5.56 Å². The maximum Gasteiger partial charge on any atom is 0.408 e. The third kappa shape index (κ3) is 12.2. The molecule has 2 amide bonds. The van der Waals surface area contributed by atoms with Crippen LogP contribution in [0.25, 0.3) is 0 Å².